The number of allylic oxidation sites excluding steroid dienone is 1. The first-order chi connectivity index (χ1) is 28.3. The van der Waals surface area contributed by atoms with Gasteiger partial charge in [0.1, 0.15) is 0 Å². The lowest BCUT2D eigenvalue weighted by Crippen LogP contribution is -2.68. The van der Waals surface area contributed by atoms with Crippen LogP contribution in [0.1, 0.15) is 163 Å². The molecular formula is C58H76N+. The second-order valence-electron chi connectivity index (χ2n) is 19.7. The highest BCUT2D eigenvalue weighted by molar-refractivity contribution is 5.83. The van der Waals surface area contributed by atoms with E-state index in [4.69, 9.17) is 0 Å². The first kappa shape index (κ1) is 44.3. The number of hydrogen-bond acceptors (Lipinski definition) is 0. The molecule has 5 aromatic rings. The Morgan fingerprint density at radius 1 is 0.627 bits per heavy atom. The van der Waals surface area contributed by atoms with E-state index < -0.39 is 0 Å². The zero-order valence-electron chi connectivity index (χ0n) is 38.7. The van der Waals surface area contributed by atoms with Gasteiger partial charge in [-0.2, -0.15) is 4.57 Å². The number of rotatable bonds is 18. The largest absolute Gasteiger partial charge is 0.213 e. The van der Waals surface area contributed by atoms with E-state index in [2.05, 4.69) is 196 Å². The summed E-state index contributed by atoms with van der Waals surface area (Å²) in [5.74, 6) is 0.634. The van der Waals surface area contributed by atoms with Gasteiger partial charge in [-0.1, -0.05) is 168 Å². The lowest BCUT2D eigenvalue weighted by molar-refractivity contribution is -0.769. The van der Waals surface area contributed by atoms with E-state index in [1.54, 1.807) is 0 Å². The summed E-state index contributed by atoms with van der Waals surface area (Å²) in [6.45, 7) is 27.8. The lowest BCUT2D eigenvalue weighted by Gasteiger charge is -2.48. The summed E-state index contributed by atoms with van der Waals surface area (Å²) >= 11 is 0. The van der Waals surface area contributed by atoms with Crippen molar-refractivity contribution in [3.63, 3.8) is 0 Å². The molecule has 0 saturated heterocycles. The molecule has 312 valence electrons. The second-order valence-corrected chi connectivity index (χ2v) is 19.7. The Hall–Kier alpha value is -4.23. The highest BCUT2D eigenvalue weighted by Gasteiger charge is 2.58. The van der Waals surface area contributed by atoms with Crippen LogP contribution in [0.5, 0.6) is 0 Å². The summed E-state index contributed by atoms with van der Waals surface area (Å²) in [5, 5.41) is 0. The van der Waals surface area contributed by atoms with Gasteiger partial charge in [-0.05, 0) is 130 Å². The molecule has 1 aliphatic heterocycles. The molecule has 2 atom stereocenters. The second kappa shape index (κ2) is 18.6. The van der Waals surface area contributed by atoms with Crippen molar-refractivity contribution >= 4 is 0 Å². The molecule has 0 saturated carbocycles. The predicted molar refractivity (Wildman–Crippen MR) is 257 cm³/mol. The SMILES string of the molecule is C=CCCCC(CC)C(C)(C)c1ccc(-c2cc(-c3ccc(C(C)(C)C)cc3)cc(-c3ccc4c(c3)-c3cccc[n+]3C(CC)(CC)C4(C)CCCCCCC)c2)cc1. The number of hydrogen-bond donors (Lipinski definition) is 0. The monoisotopic (exact) mass is 787 g/mol. The van der Waals surface area contributed by atoms with Gasteiger partial charge in [0.2, 0.25) is 5.69 Å². The van der Waals surface area contributed by atoms with Crippen molar-refractivity contribution in [1.29, 1.82) is 0 Å². The van der Waals surface area contributed by atoms with Crippen LogP contribution in [0.15, 0.2) is 122 Å². The van der Waals surface area contributed by atoms with Crippen LogP contribution in [0, 0.1) is 5.92 Å². The van der Waals surface area contributed by atoms with Crippen molar-refractivity contribution < 1.29 is 4.57 Å². The third-order valence-corrected chi connectivity index (χ3v) is 15.0. The van der Waals surface area contributed by atoms with Crippen molar-refractivity contribution in [1.82, 2.24) is 0 Å². The first-order valence-electron chi connectivity index (χ1n) is 23.4. The quantitative estimate of drug-likeness (QED) is 0.0473. The van der Waals surface area contributed by atoms with Gasteiger partial charge in [0, 0.05) is 25.0 Å². The molecule has 0 radical (unpaired) electrons. The Labute approximate surface area is 360 Å². The summed E-state index contributed by atoms with van der Waals surface area (Å²) in [4.78, 5) is 0. The fourth-order valence-corrected chi connectivity index (χ4v) is 11.0. The Kier molecular flexibility index (Phi) is 14.0. The Balaban J connectivity index is 1.47. The van der Waals surface area contributed by atoms with Crippen molar-refractivity contribution in [2.24, 2.45) is 5.92 Å². The number of pyridine rings is 1. The van der Waals surface area contributed by atoms with Crippen LogP contribution >= 0.6 is 0 Å². The van der Waals surface area contributed by atoms with Crippen LogP contribution in [-0.2, 0) is 21.8 Å². The minimum Gasteiger partial charge on any atom is -0.192 e. The minimum atomic E-state index is 0.0232. The normalized spacial score (nSPS) is 16.6. The van der Waals surface area contributed by atoms with Crippen LogP contribution in [-0.4, -0.2) is 0 Å². The maximum Gasteiger partial charge on any atom is 0.213 e. The fraction of sp³-hybridized carbons (Fsp3) is 0.466. The molecule has 2 unspecified atom stereocenters. The van der Waals surface area contributed by atoms with Gasteiger partial charge in [0.05, 0.1) is 11.0 Å². The van der Waals surface area contributed by atoms with Gasteiger partial charge in [-0.3, -0.25) is 0 Å². The maximum absolute atomic E-state index is 3.97. The third-order valence-electron chi connectivity index (χ3n) is 15.0. The molecule has 0 amide bonds. The van der Waals surface area contributed by atoms with E-state index in [0.29, 0.717) is 5.92 Å². The molecule has 0 N–H and O–H groups in total. The van der Waals surface area contributed by atoms with Gasteiger partial charge >= 0.3 is 0 Å². The van der Waals surface area contributed by atoms with Crippen molar-refractivity contribution in [3.05, 3.63) is 139 Å². The number of fused-ring (bicyclic) bond motifs is 3. The Morgan fingerprint density at radius 3 is 1.76 bits per heavy atom. The minimum absolute atomic E-state index is 0.0232. The van der Waals surface area contributed by atoms with E-state index in [9.17, 15) is 0 Å². The average Bonchev–Trinajstić information content (AvgIpc) is 3.25. The van der Waals surface area contributed by atoms with E-state index in [-0.39, 0.29) is 21.8 Å². The van der Waals surface area contributed by atoms with Gasteiger partial charge in [0.25, 0.3) is 0 Å². The van der Waals surface area contributed by atoms with Crippen molar-refractivity contribution in [2.45, 2.75) is 168 Å². The van der Waals surface area contributed by atoms with Gasteiger partial charge in [0.15, 0.2) is 11.7 Å². The Bertz CT molecular complexity index is 2150. The number of benzene rings is 4. The smallest absolute Gasteiger partial charge is 0.192 e. The summed E-state index contributed by atoms with van der Waals surface area (Å²) in [6.07, 6.45) is 19.1. The third kappa shape index (κ3) is 8.83. The van der Waals surface area contributed by atoms with E-state index in [0.717, 1.165) is 19.3 Å². The standard InChI is InChI=1S/C58H76N/c1-12-17-19-20-23-37-57(11)53-36-31-45(42-52(53)54-26-22-24-38-59(54)58(57,15-4)16-5)48-40-46(43-27-32-50(33-28-43)55(6,7)8)39-47(41-48)44-29-34-51(35-30-44)56(9,10)49(14-3)25-21-18-13-2/h13,22,24,26-36,38-42,49H,2,12,14-21,23,25,37H2,1,3-11H3/q+1. The molecule has 4 aromatic carbocycles. The highest BCUT2D eigenvalue weighted by Crippen LogP contribution is 2.53. The zero-order chi connectivity index (χ0) is 42.4. The van der Waals surface area contributed by atoms with Crippen molar-refractivity contribution in [3.8, 4) is 44.6 Å². The van der Waals surface area contributed by atoms with Crippen LogP contribution < -0.4 is 4.57 Å². The molecular weight excluding hydrogens is 711 g/mol. The Morgan fingerprint density at radius 2 is 1.20 bits per heavy atom. The predicted octanol–water partition coefficient (Wildman–Crippen LogP) is 16.7. The maximum atomic E-state index is 3.97. The molecule has 1 aromatic heterocycles. The van der Waals surface area contributed by atoms with Crippen LogP contribution in [0.4, 0.5) is 0 Å². The van der Waals surface area contributed by atoms with E-state index in [1.165, 1.54) is 119 Å². The fourth-order valence-electron chi connectivity index (χ4n) is 11.0. The van der Waals surface area contributed by atoms with Gasteiger partial charge in [-0.25, -0.2) is 0 Å². The molecule has 0 aliphatic carbocycles. The molecule has 1 heteroatoms. The molecule has 2 heterocycles. The zero-order valence-corrected chi connectivity index (χ0v) is 38.7. The van der Waals surface area contributed by atoms with Gasteiger partial charge < -0.3 is 0 Å². The molecule has 59 heavy (non-hydrogen) atoms. The molecule has 1 nitrogen and oxygen atoms in total. The average molecular weight is 787 g/mol. The summed E-state index contributed by atoms with van der Waals surface area (Å²) in [6, 6.07) is 40.5. The van der Waals surface area contributed by atoms with Crippen LogP contribution in [0.25, 0.3) is 44.6 Å². The summed E-state index contributed by atoms with van der Waals surface area (Å²) in [7, 11) is 0. The van der Waals surface area contributed by atoms with Crippen molar-refractivity contribution in [2.75, 3.05) is 0 Å². The van der Waals surface area contributed by atoms with Crippen LogP contribution in [0.2, 0.25) is 0 Å². The number of aromatic nitrogens is 1. The molecule has 0 fully saturated rings. The van der Waals surface area contributed by atoms with Gasteiger partial charge in [-0.15, -0.1) is 6.58 Å². The molecule has 0 spiro atoms. The summed E-state index contributed by atoms with van der Waals surface area (Å²) < 4.78 is 2.68. The molecule has 6 rings (SSSR count). The number of nitrogens with zero attached hydrogens (tertiary/aromatic N) is 1. The number of unbranched alkanes of at least 4 members (excludes halogenated alkanes) is 5. The lowest BCUT2D eigenvalue weighted by atomic mass is 9.58. The summed E-state index contributed by atoms with van der Waals surface area (Å²) in [5.41, 5.74) is 14.9. The van der Waals surface area contributed by atoms with E-state index >= 15 is 0 Å². The topological polar surface area (TPSA) is 3.88 Å². The first-order valence-corrected chi connectivity index (χ1v) is 23.4. The molecule has 1 aliphatic rings. The highest BCUT2D eigenvalue weighted by atomic mass is 15.1. The molecule has 0 bridgehead atoms. The van der Waals surface area contributed by atoms with E-state index in [1.807, 2.05) is 0 Å². The van der Waals surface area contributed by atoms with Crippen LogP contribution in [0.3, 0.4) is 0 Å².